The first-order valence-electron chi connectivity index (χ1n) is 8.94. The van der Waals surface area contributed by atoms with Crippen LogP contribution in [0.5, 0.6) is 11.5 Å². The molecule has 1 aromatic heterocycles. The molecule has 8 nitrogen and oxygen atoms in total. The lowest BCUT2D eigenvalue weighted by Gasteiger charge is -2.18. The second kappa shape index (κ2) is 7.84. The van der Waals surface area contributed by atoms with Gasteiger partial charge in [-0.1, -0.05) is 29.9 Å². The quantitative estimate of drug-likeness (QED) is 0.454. The predicted molar refractivity (Wildman–Crippen MR) is 109 cm³/mol. The molecule has 0 radical (unpaired) electrons. The molecule has 0 saturated heterocycles. The van der Waals surface area contributed by atoms with Gasteiger partial charge in [0, 0.05) is 29.8 Å². The van der Waals surface area contributed by atoms with Crippen molar-refractivity contribution in [1.82, 2.24) is 4.57 Å². The number of nitrogens with zero attached hydrogens (tertiary/aromatic N) is 3. The molecule has 29 heavy (non-hydrogen) atoms. The lowest BCUT2D eigenvalue weighted by Crippen LogP contribution is -2.18. The Morgan fingerprint density at radius 1 is 1.28 bits per heavy atom. The first kappa shape index (κ1) is 19.4. The second-order valence-electron chi connectivity index (χ2n) is 6.34. The maximum Gasteiger partial charge on any atom is 0.286 e. The van der Waals surface area contributed by atoms with E-state index in [1.165, 1.54) is 29.5 Å². The summed E-state index contributed by atoms with van der Waals surface area (Å²) in [6, 6.07) is 7.59. The van der Waals surface area contributed by atoms with E-state index in [1.54, 1.807) is 0 Å². The number of nitro groups is 1. The van der Waals surface area contributed by atoms with Gasteiger partial charge in [-0.25, -0.2) is 0 Å². The predicted octanol–water partition coefficient (Wildman–Crippen LogP) is 4.19. The summed E-state index contributed by atoms with van der Waals surface area (Å²) in [5.41, 5.74) is 0.394. The Morgan fingerprint density at radius 3 is 2.69 bits per heavy atom. The van der Waals surface area contributed by atoms with Crippen LogP contribution >= 0.6 is 22.9 Å². The van der Waals surface area contributed by atoms with Gasteiger partial charge in [-0.15, -0.1) is 0 Å². The number of ether oxygens (including phenoxy) is 2. The molecule has 0 bridgehead atoms. The molecule has 10 heteroatoms. The molecule has 0 spiro atoms. The van der Waals surface area contributed by atoms with Crippen molar-refractivity contribution >= 4 is 44.7 Å². The normalized spacial score (nSPS) is 13.7. The van der Waals surface area contributed by atoms with Gasteiger partial charge in [-0.3, -0.25) is 14.9 Å². The number of hydrogen-bond donors (Lipinski definition) is 0. The first-order valence-corrected chi connectivity index (χ1v) is 10.1. The molecule has 4 rings (SSSR count). The molecule has 150 valence electrons. The summed E-state index contributed by atoms with van der Waals surface area (Å²) in [6.45, 7) is 3.60. The van der Waals surface area contributed by atoms with Crippen LogP contribution in [0.2, 0.25) is 5.02 Å². The molecular formula is C19H16ClN3O5S. The highest BCUT2D eigenvalue weighted by Crippen LogP contribution is 2.35. The third-order valence-electron chi connectivity index (χ3n) is 4.38. The van der Waals surface area contributed by atoms with E-state index >= 15 is 0 Å². The standard InChI is InChI=1S/C19H16ClN3O5S/c1-2-5-22-14-9-15-16(28-7-6-27-15)10-17(14)29-19(22)21-18(24)12-8-11(20)3-4-13(12)23(25)26/h3-4,8-10H,2,5-7H2,1H3. The van der Waals surface area contributed by atoms with E-state index in [0.717, 1.165) is 16.6 Å². The SMILES string of the molecule is CCCn1c(=NC(=O)c2cc(Cl)ccc2[N+](=O)[O-])sc2cc3c(cc21)OCCO3. The summed E-state index contributed by atoms with van der Waals surface area (Å²) in [5.74, 6) is 0.583. The third-order valence-corrected chi connectivity index (χ3v) is 5.65. The minimum atomic E-state index is -0.715. The fourth-order valence-corrected chi connectivity index (χ4v) is 4.35. The number of rotatable bonds is 4. The fraction of sp³-hybridized carbons (Fsp3) is 0.263. The van der Waals surface area contributed by atoms with Crippen molar-refractivity contribution in [3.8, 4) is 11.5 Å². The van der Waals surface area contributed by atoms with Crippen LogP contribution in [0, 0.1) is 10.1 Å². The maximum absolute atomic E-state index is 12.8. The van der Waals surface area contributed by atoms with Crippen LogP contribution in [0.4, 0.5) is 5.69 Å². The smallest absolute Gasteiger partial charge is 0.286 e. The molecule has 1 aliphatic rings. The number of thiazole rings is 1. The first-order chi connectivity index (χ1) is 14.0. The Balaban J connectivity index is 1.88. The van der Waals surface area contributed by atoms with Gasteiger partial charge in [0.25, 0.3) is 11.6 Å². The number of carbonyl (C=O) groups is 1. The summed E-state index contributed by atoms with van der Waals surface area (Å²) in [5, 5.41) is 11.5. The average molecular weight is 434 g/mol. The summed E-state index contributed by atoms with van der Waals surface area (Å²) in [7, 11) is 0. The van der Waals surface area contributed by atoms with Crippen LogP contribution in [0.25, 0.3) is 10.2 Å². The summed E-state index contributed by atoms with van der Waals surface area (Å²) in [6.07, 6.45) is 0.818. The van der Waals surface area contributed by atoms with E-state index in [0.29, 0.717) is 36.1 Å². The van der Waals surface area contributed by atoms with Gasteiger partial charge in [0.15, 0.2) is 16.3 Å². The van der Waals surface area contributed by atoms with Crippen molar-refractivity contribution in [1.29, 1.82) is 0 Å². The minimum Gasteiger partial charge on any atom is -0.486 e. The van der Waals surface area contributed by atoms with Crippen LogP contribution in [0.3, 0.4) is 0 Å². The zero-order valence-electron chi connectivity index (χ0n) is 15.4. The van der Waals surface area contributed by atoms with Crippen molar-refractivity contribution < 1.29 is 19.2 Å². The molecule has 0 fully saturated rings. The molecule has 0 N–H and O–H groups in total. The molecule has 1 aliphatic heterocycles. The lowest BCUT2D eigenvalue weighted by molar-refractivity contribution is -0.385. The lowest BCUT2D eigenvalue weighted by atomic mass is 10.2. The second-order valence-corrected chi connectivity index (χ2v) is 7.78. The number of hydrogen-bond acceptors (Lipinski definition) is 6. The van der Waals surface area contributed by atoms with Crippen molar-refractivity contribution in [2.75, 3.05) is 13.2 Å². The van der Waals surface area contributed by atoms with E-state index in [9.17, 15) is 14.9 Å². The van der Waals surface area contributed by atoms with Crippen molar-refractivity contribution in [2.24, 2.45) is 4.99 Å². The highest BCUT2D eigenvalue weighted by atomic mass is 35.5. The molecular weight excluding hydrogens is 418 g/mol. The monoisotopic (exact) mass is 433 g/mol. The van der Waals surface area contributed by atoms with E-state index in [2.05, 4.69) is 4.99 Å². The third kappa shape index (κ3) is 3.70. The van der Waals surface area contributed by atoms with Gasteiger partial charge in [-0.05, 0) is 18.6 Å². The van der Waals surface area contributed by atoms with Crippen molar-refractivity contribution in [2.45, 2.75) is 19.9 Å². The Bertz CT molecular complexity index is 1200. The molecule has 3 aromatic rings. The molecule has 0 aliphatic carbocycles. The Kier molecular flexibility index (Phi) is 5.25. The number of fused-ring (bicyclic) bond motifs is 2. The summed E-state index contributed by atoms with van der Waals surface area (Å²) >= 11 is 7.25. The molecule has 2 aromatic carbocycles. The molecule has 0 atom stereocenters. The zero-order valence-corrected chi connectivity index (χ0v) is 17.0. The number of amides is 1. The maximum atomic E-state index is 12.8. The van der Waals surface area contributed by atoms with E-state index in [-0.39, 0.29) is 16.3 Å². The van der Waals surface area contributed by atoms with Crippen LogP contribution < -0.4 is 14.3 Å². The molecule has 2 heterocycles. The van der Waals surface area contributed by atoms with Gasteiger partial charge < -0.3 is 14.0 Å². The number of carbonyl (C=O) groups excluding carboxylic acids is 1. The number of nitro benzene ring substituents is 1. The highest BCUT2D eigenvalue weighted by molar-refractivity contribution is 7.16. The van der Waals surface area contributed by atoms with Crippen molar-refractivity contribution in [3.63, 3.8) is 0 Å². The van der Waals surface area contributed by atoms with Crippen molar-refractivity contribution in [3.05, 3.63) is 55.8 Å². The van der Waals surface area contributed by atoms with Gasteiger partial charge >= 0.3 is 0 Å². The van der Waals surface area contributed by atoms with E-state index < -0.39 is 10.8 Å². The average Bonchev–Trinajstić information content (AvgIpc) is 3.02. The summed E-state index contributed by atoms with van der Waals surface area (Å²) < 4.78 is 14.1. The Morgan fingerprint density at radius 2 is 2.00 bits per heavy atom. The minimum absolute atomic E-state index is 0.144. The highest BCUT2D eigenvalue weighted by Gasteiger charge is 2.21. The molecule has 1 amide bonds. The Hall–Kier alpha value is -2.91. The van der Waals surface area contributed by atoms with Gasteiger partial charge in [-0.2, -0.15) is 4.99 Å². The Labute approximate surface area is 174 Å². The number of halogens is 1. The van der Waals surface area contributed by atoms with E-state index in [4.69, 9.17) is 21.1 Å². The van der Waals surface area contributed by atoms with E-state index in [1.807, 2.05) is 23.6 Å². The van der Waals surface area contributed by atoms with Crippen LogP contribution in [-0.4, -0.2) is 28.6 Å². The van der Waals surface area contributed by atoms with Crippen LogP contribution in [-0.2, 0) is 6.54 Å². The fourth-order valence-electron chi connectivity index (χ4n) is 3.12. The topological polar surface area (TPSA) is 96.0 Å². The molecule has 0 unspecified atom stereocenters. The number of aryl methyl sites for hydroxylation is 1. The number of aromatic nitrogens is 1. The number of benzene rings is 2. The largest absolute Gasteiger partial charge is 0.486 e. The van der Waals surface area contributed by atoms with Crippen LogP contribution in [0.1, 0.15) is 23.7 Å². The zero-order chi connectivity index (χ0) is 20.5. The van der Waals surface area contributed by atoms with Gasteiger partial charge in [0.05, 0.1) is 15.1 Å². The van der Waals surface area contributed by atoms with Gasteiger partial charge in [0.1, 0.15) is 18.8 Å². The molecule has 0 saturated carbocycles. The van der Waals surface area contributed by atoms with Crippen LogP contribution in [0.15, 0.2) is 35.3 Å². The summed E-state index contributed by atoms with van der Waals surface area (Å²) in [4.78, 5) is 28.1. The van der Waals surface area contributed by atoms with Gasteiger partial charge in [0.2, 0.25) is 0 Å².